The van der Waals surface area contributed by atoms with Gasteiger partial charge in [0.2, 0.25) is 21.7 Å². The molecule has 190 valence electrons. The molecule has 36 heavy (non-hydrogen) atoms. The molecule has 0 atom stereocenters. The van der Waals surface area contributed by atoms with Crippen molar-refractivity contribution in [3.8, 4) is 5.75 Å². The van der Waals surface area contributed by atoms with Crippen LogP contribution >= 0.6 is 0 Å². The zero-order chi connectivity index (χ0) is 26.3. The summed E-state index contributed by atoms with van der Waals surface area (Å²) in [4.78, 5) is 31.5. The van der Waals surface area contributed by atoms with Crippen molar-refractivity contribution in [2.45, 2.75) is 18.7 Å². The first kappa shape index (κ1) is 26.3. The standard InChI is InChI=1S/C22H25N7O6S/c1-4-28(5-2)36(33,34)16-12-10-15(11-13-16)25-20-19(29(31)32)21(24-14-23-20)26-27-22(30)17-8-6-7-9-18(17)35-3/h6-14H,4-5H2,1-3H3,(H,27,30)(H2,23,24,25,26). The second-order valence-corrected chi connectivity index (χ2v) is 9.13. The molecular formula is C22H25N7O6S. The minimum Gasteiger partial charge on any atom is -0.496 e. The number of nitrogens with one attached hydrogen (secondary N) is 3. The molecule has 0 bridgehead atoms. The van der Waals surface area contributed by atoms with E-state index in [1.807, 2.05) is 0 Å². The van der Waals surface area contributed by atoms with Crippen molar-refractivity contribution < 1.29 is 22.9 Å². The lowest BCUT2D eigenvalue weighted by molar-refractivity contribution is -0.383. The predicted molar refractivity (Wildman–Crippen MR) is 133 cm³/mol. The molecule has 13 nitrogen and oxygen atoms in total. The van der Waals surface area contributed by atoms with Crippen molar-refractivity contribution in [3.63, 3.8) is 0 Å². The first-order valence-corrected chi connectivity index (χ1v) is 12.2. The van der Waals surface area contributed by atoms with Gasteiger partial charge in [-0.2, -0.15) is 4.31 Å². The number of amides is 1. The van der Waals surface area contributed by atoms with E-state index in [0.717, 1.165) is 6.33 Å². The predicted octanol–water partition coefficient (Wildman–Crippen LogP) is 2.92. The highest BCUT2D eigenvalue weighted by molar-refractivity contribution is 7.89. The van der Waals surface area contributed by atoms with E-state index in [4.69, 9.17) is 4.74 Å². The van der Waals surface area contributed by atoms with Crippen LogP contribution in [-0.4, -0.2) is 53.7 Å². The molecule has 0 saturated carbocycles. The van der Waals surface area contributed by atoms with E-state index < -0.39 is 26.5 Å². The number of nitro groups is 1. The van der Waals surface area contributed by atoms with Crippen molar-refractivity contribution in [1.29, 1.82) is 0 Å². The molecule has 2 aromatic carbocycles. The molecule has 14 heteroatoms. The molecule has 3 rings (SSSR count). The second kappa shape index (κ2) is 11.4. The summed E-state index contributed by atoms with van der Waals surface area (Å²) in [6.45, 7) is 4.15. The average molecular weight is 516 g/mol. The maximum atomic E-state index is 12.7. The van der Waals surface area contributed by atoms with Crippen molar-refractivity contribution in [3.05, 3.63) is 70.5 Å². The molecular weight excluding hydrogens is 490 g/mol. The van der Waals surface area contributed by atoms with Crippen LogP contribution in [0.1, 0.15) is 24.2 Å². The molecule has 0 aliphatic carbocycles. The molecule has 0 radical (unpaired) electrons. The number of hydrogen-bond acceptors (Lipinski definition) is 10. The van der Waals surface area contributed by atoms with Gasteiger partial charge in [0.15, 0.2) is 0 Å². The number of para-hydroxylation sites is 1. The lowest BCUT2D eigenvalue weighted by Crippen LogP contribution is -2.30. The smallest absolute Gasteiger partial charge is 0.355 e. The number of carbonyl (C=O) groups is 1. The Morgan fingerprint density at radius 3 is 2.31 bits per heavy atom. The minimum absolute atomic E-state index is 0.0929. The highest BCUT2D eigenvalue weighted by atomic mass is 32.2. The lowest BCUT2D eigenvalue weighted by atomic mass is 10.2. The van der Waals surface area contributed by atoms with Crippen LogP contribution in [-0.2, 0) is 10.0 Å². The molecule has 0 aliphatic heterocycles. The Morgan fingerprint density at radius 1 is 1.06 bits per heavy atom. The van der Waals surface area contributed by atoms with Gasteiger partial charge in [-0.1, -0.05) is 26.0 Å². The van der Waals surface area contributed by atoms with Crippen LogP contribution in [0.4, 0.5) is 23.0 Å². The SMILES string of the molecule is CCN(CC)S(=O)(=O)c1ccc(Nc2ncnc(NNC(=O)c3ccccc3OC)c2[N+](=O)[O-])cc1. The van der Waals surface area contributed by atoms with Gasteiger partial charge in [-0.15, -0.1) is 0 Å². The van der Waals surface area contributed by atoms with E-state index in [-0.39, 0.29) is 22.1 Å². The Labute approximate surface area is 207 Å². The fraction of sp³-hybridized carbons (Fsp3) is 0.227. The molecule has 0 unspecified atom stereocenters. The minimum atomic E-state index is -3.65. The van der Waals surface area contributed by atoms with E-state index in [1.165, 1.54) is 41.7 Å². The van der Waals surface area contributed by atoms with Gasteiger partial charge < -0.3 is 10.1 Å². The van der Waals surface area contributed by atoms with Crippen LogP contribution in [0.5, 0.6) is 5.75 Å². The van der Waals surface area contributed by atoms with E-state index >= 15 is 0 Å². The van der Waals surface area contributed by atoms with Gasteiger partial charge in [0.25, 0.3) is 5.91 Å². The number of sulfonamides is 1. The molecule has 1 amide bonds. The molecule has 1 heterocycles. The third-order valence-electron chi connectivity index (χ3n) is 5.11. The lowest BCUT2D eigenvalue weighted by Gasteiger charge is -2.18. The van der Waals surface area contributed by atoms with Crippen molar-refractivity contribution >= 4 is 38.9 Å². The topological polar surface area (TPSA) is 169 Å². The summed E-state index contributed by atoms with van der Waals surface area (Å²) in [5, 5.41) is 14.6. The highest BCUT2D eigenvalue weighted by Gasteiger charge is 2.25. The Bertz CT molecular complexity index is 1350. The first-order valence-electron chi connectivity index (χ1n) is 10.8. The Hall–Kier alpha value is -4.30. The van der Waals surface area contributed by atoms with Crippen LogP contribution in [0.25, 0.3) is 0 Å². The van der Waals surface area contributed by atoms with Crippen molar-refractivity contribution in [1.82, 2.24) is 19.7 Å². The Morgan fingerprint density at radius 2 is 1.69 bits per heavy atom. The number of rotatable bonds is 11. The number of ether oxygens (including phenoxy) is 1. The van der Waals surface area contributed by atoms with Gasteiger partial charge in [-0.3, -0.25) is 25.8 Å². The molecule has 3 N–H and O–H groups in total. The summed E-state index contributed by atoms with van der Waals surface area (Å²) in [6.07, 6.45) is 1.08. The third-order valence-corrected chi connectivity index (χ3v) is 7.18. The molecule has 0 saturated heterocycles. The quantitative estimate of drug-likeness (QED) is 0.255. The molecule has 0 fully saturated rings. The number of hydrazine groups is 1. The van der Waals surface area contributed by atoms with Crippen LogP contribution in [0.3, 0.4) is 0 Å². The third kappa shape index (κ3) is 5.67. The summed E-state index contributed by atoms with van der Waals surface area (Å²) in [7, 11) is -2.24. The number of benzene rings is 2. The number of nitrogens with zero attached hydrogens (tertiary/aromatic N) is 4. The second-order valence-electron chi connectivity index (χ2n) is 7.19. The zero-order valence-electron chi connectivity index (χ0n) is 19.8. The zero-order valence-corrected chi connectivity index (χ0v) is 20.6. The summed E-state index contributed by atoms with van der Waals surface area (Å²) in [5.74, 6) is -0.701. The molecule has 0 aliphatic rings. The van der Waals surface area contributed by atoms with Crippen LogP contribution in [0.2, 0.25) is 0 Å². The maximum absolute atomic E-state index is 12.7. The van der Waals surface area contributed by atoms with Crippen LogP contribution in [0.15, 0.2) is 59.8 Å². The summed E-state index contributed by atoms with van der Waals surface area (Å²) in [6, 6.07) is 12.2. The largest absolute Gasteiger partial charge is 0.496 e. The number of carbonyl (C=O) groups excluding carboxylic acids is 1. The van der Waals surface area contributed by atoms with Gasteiger partial charge in [-0.05, 0) is 36.4 Å². The number of methoxy groups -OCH3 is 1. The molecule has 0 spiro atoms. The molecule has 1 aromatic heterocycles. The van der Waals surface area contributed by atoms with E-state index in [0.29, 0.717) is 24.5 Å². The Balaban J connectivity index is 1.82. The van der Waals surface area contributed by atoms with Crippen LogP contribution < -0.4 is 20.9 Å². The van der Waals surface area contributed by atoms with Gasteiger partial charge in [-0.25, -0.2) is 18.4 Å². The van der Waals surface area contributed by atoms with Gasteiger partial charge >= 0.3 is 5.69 Å². The normalized spacial score (nSPS) is 11.1. The van der Waals surface area contributed by atoms with Gasteiger partial charge in [0.1, 0.15) is 12.1 Å². The summed E-state index contributed by atoms with van der Waals surface area (Å²) >= 11 is 0. The maximum Gasteiger partial charge on any atom is 0.355 e. The van der Waals surface area contributed by atoms with E-state index in [1.54, 1.807) is 32.0 Å². The number of anilines is 3. The molecule has 3 aromatic rings. The fourth-order valence-corrected chi connectivity index (χ4v) is 4.77. The number of hydrogen-bond donors (Lipinski definition) is 3. The monoisotopic (exact) mass is 515 g/mol. The summed E-state index contributed by atoms with van der Waals surface area (Å²) in [5.41, 5.74) is 4.85. The van der Waals surface area contributed by atoms with E-state index in [2.05, 4.69) is 26.1 Å². The van der Waals surface area contributed by atoms with Gasteiger partial charge in [0, 0.05) is 18.8 Å². The van der Waals surface area contributed by atoms with Gasteiger partial charge in [0.05, 0.1) is 22.5 Å². The first-order chi connectivity index (χ1) is 17.2. The van der Waals surface area contributed by atoms with Crippen LogP contribution in [0, 0.1) is 10.1 Å². The summed E-state index contributed by atoms with van der Waals surface area (Å²) < 4.78 is 31.8. The number of aromatic nitrogens is 2. The Kier molecular flexibility index (Phi) is 8.34. The fourth-order valence-electron chi connectivity index (χ4n) is 3.31. The average Bonchev–Trinajstić information content (AvgIpc) is 2.88. The highest BCUT2D eigenvalue weighted by Crippen LogP contribution is 2.31. The van der Waals surface area contributed by atoms with Crippen molar-refractivity contribution in [2.75, 3.05) is 30.9 Å². The van der Waals surface area contributed by atoms with Crippen molar-refractivity contribution in [2.24, 2.45) is 0 Å². The van der Waals surface area contributed by atoms with E-state index in [9.17, 15) is 23.3 Å².